The van der Waals surface area contributed by atoms with E-state index in [-0.39, 0.29) is 0 Å². The summed E-state index contributed by atoms with van der Waals surface area (Å²) >= 11 is 5.39. The molecule has 0 radical (unpaired) electrons. The van der Waals surface area contributed by atoms with Crippen LogP contribution in [-0.4, -0.2) is 37.4 Å². The van der Waals surface area contributed by atoms with Crippen LogP contribution in [0.25, 0.3) is 11.0 Å². The van der Waals surface area contributed by atoms with Crippen LogP contribution in [0.2, 0.25) is 0 Å². The normalized spacial score (nSPS) is 17.4. The molecule has 2 aromatic rings. The summed E-state index contributed by atoms with van der Waals surface area (Å²) in [4.78, 5) is 3.36. The highest BCUT2D eigenvalue weighted by Gasteiger charge is 2.19. The highest BCUT2D eigenvalue weighted by molar-refractivity contribution is 7.91. The minimum atomic E-state index is -3.28. The summed E-state index contributed by atoms with van der Waals surface area (Å²) in [5.74, 6) is 0.520. The first-order valence-corrected chi connectivity index (χ1v) is 9.26. The van der Waals surface area contributed by atoms with Gasteiger partial charge in [-0.3, -0.25) is 0 Å². The molecule has 0 aliphatic carbocycles. The largest absolute Gasteiger partial charge is 0.381 e. The highest BCUT2D eigenvalue weighted by Crippen LogP contribution is 2.25. The maximum absolute atomic E-state index is 11.9. The van der Waals surface area contributed by atoms with Gasteiger partial charge in [0.1, 0.15) is 0 Å². The van der Waals surface area contributed by atoms with Crippen molar-refractivity contribution >= 4 is 33.1 Å². The molecule has 1 aliphatic heterocycles. The van der Waals surface area contributed by atoms with Gasteiger partial charge in [0.05, 0.1) is 15.9 Å². The van der Waals surface area contributed by atoms with Crippen molar-refractivity contribution in [2.75, 3.05) is 19.5 Å². The quantitative estimate of drug-likeness (QED) is 0.880. The number of imidazole rings is 1. The monoisotopic (exact) mass is 326 g/mol. The molecule has 1 N–H and O–H groups in total. The van der Waals surface area contributed by atoms with Crippen molar-refractivity contribution in [1.82, 2.24) is 9.55 Å². The number of hydrogen-bond acceptors (Lipinski definition) is 4. The Morgan fingerprint density at radius 3 is 2.76 bits per heavy atom. The number of nitrogens with one attached hydrogen (secondary N) is 1. The van der Waals surface area contributed by atoms with E-state index in [1.807, 2.05) is 10.6 Å². The molecule has 0 spiro atoms. The Balaban J connectivity index is 2.07. The summed E-state index contributed by atoms with van der Waals surface area (Å²) in [5.41, 5.74) is 1.46. The fourth-order valence-electron chi connectivity index (χ4n) is 2.83. The van der Waals surface area contributed by atoms with Crippen molar-refractivity contribution in [1.29, 1.82) is 0 Å². The zero-order chi connectivity index (χ0) is 15.0. The fourth-order valence-corrected chi connectivity index (χ4v) is 3.96. The van der Waals surface area contributed by atoms with Gasteiger partial charge < -0.3 is 14.3 Å². The third kappa shape index (κ3) is 2.90. The topological polar surface area (TPSA) is 64.1 Å². The molecule has 1 fully saturated rings. The molecule has 0 saturated carbocycles. The van der Waals surface area contributed by atoms with Gasteiger partial charge in [0.2, 0.25) is 0 Å². The van der Waals surface area contributed by atoms with Crippen LogP contribution in [0, 0.1) is 10.7 Å². The molecule has 21 heavy (non-hydrogen) atoms. The molecule has 1 aromatic carbocycles. The van der Waals surface area contributed by atoms with Crippen molar-refractivity contribution in [3.8, 4) is 0 Å². The van der Waals surface area contributed by atoms with Gasteiger partial charge in [-0.05, 0) is 43.1 Å². The zero-order valence-electron chi connectivity index (χ0n) is 11.8. The number of H-pyrrole nitrogens is 1. The summed E-state index contributed by atoms with van der Waals surface area (Å²) in [6.45, 7) is 2.37. The van der Waals surface area contributed by atoms with Gasteiger partial charge in [-0.25, -0.2) is 8.42 Å². The van der Waals surface area contributed by atoms with Crippen molar-refractivity contribution in [3.63, 3.8) is 0 Å². The van der Waals surface area contributed by atoms with E-state index in [9.17, 15) is 8.42 Å². The minimum Gasteiger partial charge on any atom is -0.381 e. The van der Waals surface area contributed by atoms with Crippen LogP contribution in [0.5, 0.6) is 0 Å². The van der Waals surface area contributed by atoms with E-state index in [0.29, 0.717) is 21.1 Å². The van der Waals surface area contributed by atoms with Crippen molar-refractivity contribution < 1.29 is 13.2 Å². The van der Waals surface area contributed by atoms with E-state index in [0.717, 1.165) is 38.1 Å². The molecule has 1 aromatic heterocycles. The van der Waals surface area contributed by atoms with Crippen LogP contribution in [0.4, 0.5) is 0 Å². The van der Waals surface area contributed by atoms with Crippen LogP contribution in [0.15, 0.2) is 23.1 Å². The third-order valence-corrected chi connectivity index (χ3v) is 5.41. The number of sulfone groups is 1. The summed E-state index contributed by atoms with van der Waals surface area (Å²) in [7, 11) is -3.28. The summed E-state index contributed by atoms with van der Waals surface area (Å²) in [6.07, 6.45) is 3.24. The second-order valence-electron chi connectivity index (χ2n) is 5.52. The van der Waals surface area contributed by atoms with E-state index >= 15 is 0 Å². The number of aromatic amines is 1. The number of benzene rings is 1. The number of hydrogen-bond donors (Lipinski definition) is 1. The smallest absolute Gasteiger partial charge is 0.178 e. The summed E-state index contributed by atoms with van der Waals surface area (Å²) in [6, 6.07) is 5.29. The van der Waals surface area contributed by atoms with E-state index in [2.05, 4.69) is 4.98 Å². The third-order valence-electron chi connectivity index (χ3n) is 3.95. The van der Waals surface area contributed by atoms with Gasteiger partial charge in [-0.2, -0.15) is 0 Å². The summed E-state index contributed by atoms with van der Waals surface area (Å²) in [5, 5.41) is 0. The lowest BCUT2D eigenvalue weighted by atomic mass is 10.0. The van der Waals surface area contributed by atoms with Gasteiger partial charge in [0.25, 0.3) is 0 Å². The highest BCUT2D eigenvalue weighted by atomic mass is 32.2. The van der Waals surface area contributed by atoms with Crippen molar-refractivity contribution in [2.45, 2.75) is 24.3 Å². The van der Waals surface area contributed by atoms with Crippen LogP contribution in [0.3, 0.4) is 0 Å². The number of para-hydroxylation sites is 1. The Labute approximate surface area is 128 Å². The van der Waals surface area contributed by atoms with E-state index < -0.39 is 9.84 Å². The average Bonchev–Trinajstić information content (AvgIpc) is 2.75. The first kappa shape index (κ1) is 14.7. The average molecular weight is 326 g/mol. The maximum atomic E-state index is 11.9. The van der Waals surface area contributed by atoms with Crippen molar-refractivity contribution in [3.05, 3.63) is 23.0 Å². The number of fused-ring (bicyclic) bond motifs is 1. The molecule has 0 amide bonds. The molecule has 5 nitrogen and oxygen atoms in total. The first-order valence-electron chi connectivity index (χ1n) is 6.96. The molecule has 3 rings (SSSR count). The molecule has 0 atom stereocenters. The Kier molecular flexibility index (Phi) is 3.90. The molecular weight excluding hydrogens is 308 g/mol. The maximum Gasteiger partial charge on any atom is 0.178 e. The zero-order valence-corrected chi connectivity index (χ0v) is 13.5. The molecular formula is C14H18N2O3S2. The van der Waals surface area contributed by atoms with E-state index in [4.69, 9.17) is 17.0 Å². The summed E-state index contributed by atoms with van der Waals surface area (Å²) < 4.78 is 31.7. The molecule has 0 unspecified atom stereocenters. The van der Waals surface area contributed by atoms with E-state index in [1.54, 1.807) is 12.1 Å². The molecule has 114 valence electrons. The predicted molar refractivity (Wildman–Crippen MR) is 83.8 cm³/mol. The molecule has 7 heteroatoms. The number of rotatable bonds is 3. The lowest BCUT2D eigenvalue weighted by Crippen LogP contribution is -2.20. The fraction of sp³-hybridized carbons (Fsp3) is 0.500. The molecule has 1 aliphatic rings. The van der Waals surface area contributed by atoms with Gasteiger partial charge in [-0.1, -0.05) is 6.07 Å². The second-order valence-corrected chi connectivity index (χ2v) is 7.89. The first-order chi connectivity index (χ1) is 9.97. The van der Waals surface area contributed by atoms with Crippen LogP contribution in [-0.2, 0) is 21.1 Å². The van der Waals surface area contributed by atoms with Gasteiger partial charge in [0, 0.05) is 26.0 Å². The van der Waals surface area contributed by atoms with Gasteiger partial charge in [-0.15, -0.1) is 0 Å². The Bertz CT molecular complexity index is 814. The Morgan fingerprint density at radius 1 is 1.38 bits per heavy atom. The van der Waals surface area contributed by atoms with E-state index in [1.165, 1.54) is 6.26 Å². The van der Waals surface area contributed by atoms with Crippen LogP contribution < -0.4 is 0 Å². The lowest BCUT2D eigenvalue weighted by Gasteiger charge is -2.22. The lowest BCUT2D eigenvalue weighted by molar-refractivity contribution is 0.0615. The number of ether oxygens (including phenoxy) is 1. The molecule has 2 heterocycles. The molecule has 1 saturated heterocycles. The number of aromatic nitrogens is 2. The van der Waals surface area contributed by atoms with Crippen molar-refractivity contribution in [2.24, 2.45) is 5.92 Å². The Morgan fingerprint density at radius 2 is 2.10 bits per heavy atom. The Hall–Kier alpha value is -1.18. The standard InChI is InChI=1S/C14H18N2O3S2/c1-21(17,18)12-4-2-3-11-13(12)15-14(20)16(11)9-10-5-7-19-8-6-10/h2-4,10H,5-9H2,1H3,(H,15,20). The number of nitrogens with zero attached hydrogens (tertiary/aromatic N) is 1. The minimum absolute atomic E-state index is 0.303. The SMILES string of the molecule is CS(=O)(=O)c1cccc2c1[nH]c(=S)n2CC1CCOCC1. The van der Waals surface area contributed by atoms with Gasteiger partial charge in [0.15, 0.2) is 14.6 Å². The van der Waals surface area contributed by atoms with Crippen LogP contribution in [0.1, 0.15) is 12.8 Å². The van der Waals surface area contributed by atoms with Gasteiger partial charge >= 0.3 is 0 Å². The van der Waals surface area contributed by atoms with Crippen LogP contribution >= 0.6 is 12.2 Å². The predicted octanol–water partition coefficient (Wildman–Crippen LogP) is 2.53. The molecule has 0 bridgehead atoms. The second kappa shape index (κ2) is 5.55.